The Morgan fingerprint density at radius 2 is 1.71 bits per heavy atom. The van der Waals surface area contributed by atoms with Gasteiger partial charge >= 0.3 is 6.03 Å². The lowest BCUT2D eigenvalue weighted by Gasteiger charge is -2.08. The van der Waals surface area contributed by atoms with E-state index in [4.69, 9.17) is 4.84 Å². The Kier molecular flexibility index (Phi) is 5.11. The minimum absolute atomic E-state index is 0.287. The number of aromatic nitrogens is 2. The first kappa shape index (κ1) is 15.6. The quantitative estimate of drug-likeness (QED) is 0.707. The van der Waals surface area contributed by atoms with Gasteiger partial charge in [-0.05, 0) is 29.8 Å². The summed E-state index contributed by atoms with van der Waals surface area (Å²) in [5, 5.41) is 2.62. The monoisotopic (exact) mass is 320 g/mol. The van der Waals surface area contributed by atoms with Gasteiger partial charge in [-0.2, -0.15) is 0 Å². The minimum Gasteiger partial charge on any atom is -0.291 e. The highest BCUT2D eigenvalue weighted by Crippen LogP contribution is 2.15. The standard InChI is InChI=1S/C18H16N4O2/c23-18(22-24-13-14-7-2-1-3-8-14)21-17-11-6-10-16(20-17)15-9-4-5-12-19-15/h1-12H,13H2,(H2,20,21,22,23). The summed E-state index contributed by atoms with van der Waals surface area (Å²) < 4.78 is 0. The van der Waals surface area contributed by atoms with Crippen LogP contribution < -0.4 is 10.8 Å². The number of nitrogens with zero attached hydrogens (tertiary/aromatic N) is 2. The van der Waals surface area contributed by atoms with Gasteiger partial charge < -0.3 is 0 Å². The summed E-state index contributed by atoms with van der Waals surface area (Å²) in [6.45, 7) is 0.287. The molecule has 6 heteroatoms. The number of hydroxylamine groups is 1. The van der Waals surface area contributed by atoms with Crippen molar-refractivity contribution >= 4 is 11.8 Å². The number of carbonyl (C=O) groups excluding carboxylic acids is 1. The van der Waals surface area contributed by atoms with Crippen molar-refractivity contribution in [3.05, 3.63) is 78.5 Å². The molecule has 2 N–H and O–H groups in total. The van der Waals surface area contributed by atoms with E-state index in [2.05, 4.69) is 20.8 Å². The maximum absolute atomic E-state index is 11.8. The molecule has 120 valence electrons. The first-order valence-electron chi connectivity index (χ1n) is 7.42. The van der Waals surface area contributed by atoms with Crippen LogP contribution in [0.2, 0.25) is 0 Å². The average Bonchev–Trinajstić information content (AvgIpc) is 2.63. The van der Waals surface area contributed by atoms with Gasteiger partial charge in [0.05, 0.1) is 18.0 Å². The second-order valence-corrected chi connectivity index (χ2v) is 4.95. The van der Waals surface area contributed by atoms with E-state index in [0.29, 0.717) is 11.5 Å². The maximum Gasteiger partial charge on any atom is 0.344 e. The zero-order valence-electron chi connectivity index (χ0n) is 12.8. The number of urea groups is 1. The lowest BCUT2D eigenvalue weighted by atomic mass is 10.2. The molecule has 0 aliphatic carbocycles. The maximum atomic E-state index is 11.8. The molecule has 0 unspecified atom stereocenters. The number of nitrogens with one attached hydrogen (secondary N) is 2. The highest BCUT2D eigenvalue weighted by molar-refractivity contribution is 5.87. The molecule has 2 heterocycles. The predicted molar refractivity (Wildman–Crippen MR) is 90.9 cm³/mol. The van der Waals surface area contributed by atoms with E-state index in [1.165, 1.54) is 0 Å². The number of hydrogen-bond donors (Lipinski definition) is 2. The van der Waals surface area contributed by atoms with Crippen LogP contribution in [0.3, 0.4) is 0 Å². The Morgan fingerprint density at radius 3 is 2.50 bits per heavy atom. The highest BCUT2D eigenvalue weighted by atomic mass is 16.7. The Labute approximate surface area is 139 Å². The number of amides is 2. The largest absolute Gasteiger partial charge is 0.344 e. The van der Waals surface area contributed by atoms with E-state index in [-0.39, 0.29) is 6.61 Å². The first-order chi connectivity index (χ1) is 11.8. The summed E-state index contributed by atoms with van der Waals surface area (Å²) in [6.07, 6.45) is 1.70. The van der Waals surface area contributed by atoms with Gasteiger partial charge in [0.25, 0.3) is 0 Å². The van der Waals surface area contributed by atoms with E-state index >= 15 is 0 Å². The van der Waals surface area contributed by atoms with Crippen LogP contribution >= 0.6 is 0 Å². The zero-order valence-corrected chi connectivity index (χ0v) is 12.8. The van der Waals surface area contributed by atoms with Crippen LogP contribution in [0.25, 0.3) is 11.4 Å². The van der Waals surface area contributed by atoms with Crippen LogP contribution in [0.4, 0.5) is 10.6 Å². The van der Waals surface area contributed by atoms with Crippen molar-refractivity contribution < 1.29 is 9.63 Å². The van der Waals surface area contributed by atoms with Crippen molar-refractivity contribution in [2.75, 3.05) is 5.32 Å². The van der Waals surface area contributed by atoms with E-state index in [1.54, 1.807) is 18.3 Å². The fourth-order valence-corrected chi connectivity index (χ4v) is 2.06. The molecule has 2 aromatic heterocycles. The van der Waals surface area contributed by atoms with Gasteiger partial charge in [-0.1, -0.05) is 42.5 Å². The third-order valence-electron chi connectivity index (χ3n) is 3.16. The number of rotatable bonds is 5. The summed E-state index contributed by atoms with van der Waals surface area (Å²) in [5.74, 6) is 0.416. The minimum atomic E-state index is -0.489. The van der Waals surface area contributed by atoms with Crippen LogP contribution in [-0.4, -0.2) is 16.0 Å². The molecule has 0 spiro atoms. The van der Waals surface area contributed by atoms with Gasteiger partial charge in [-0.15, -0.1) is 0 Å². The fourth-order valence-electron chi connectivity index (χ4n) is 2.06. The number of carbonyl (C=O) groups is 1. The Morgan fingerprint density at radius 1 is 0.917 bits per heavy atom. The molecule has 1 aromatic carbocycles. The summed E-state index contributed by atoms with van der Waals surface area (Å²) in [6, 6.07) is 20.0. The molecule has 0 atom stereocenters. The normalized spacial score (nSPS) is 10.2. The fraction of sp³-hybridized carbons (Fsp3) is 0.0556. The summed E-state index contributed by atoms with van der Waals surface area (Å²) in [4.78, 5) is 25.6. The molecule has 24 heavy (non-hydrogen) atoms. The number of hydrogen-bond acceptors (Lipinski definition) is 4. The Hall–Kier alpha value is -3.25. The summed E-state index contributed by atoms with van der Waals surface area (Å²) >= 11 is 0. The lowest BCUT2D eigenvalue weighted by molar-refractivity contribution is 0.0535. The molecule has 0 bridgehead atoms. The van der Waals surface area contributed by atoms with Gasteiger partial charge in [-0.3, -0.25) is 15.1 Å². The van der Waals surface area contributed by atoms with Crippen molar-refractivity contribution in [2.45, 2.75) is 6.61 Å². The van der Waals surface area contributed by atoms with Crippen LogP contribution in [0.5, 0.6) is 0 Å². The molecule has 0 saturated carbocycles. The molecule has 0 saturated heterocycles. The average molecular weight is 320 g/mol. The van der Waals surface area contributed by atoms with Crippen molar-refractivity contribution in [1.82, 2.24) is 15.4 Å². The van der Waals surface area contributed by atoms with Gasteiger partial charge in [0, 0.05) is 6.20 Å². The van der Waals surface area contributed by atoms with Crippen LogP contribution in [0.1, 0.15) is 5.56 Å². The Bertz CT molecular complexity index is 794. The van der Waals surface area contributed by atoms with Crippen LogP contribution in [0, 0.1) is 0 Å². The second-order valence-electron chi connectivity index (χ2n) is 4.95. The Balaban J connectivity index is 1.55. The molecule has 3 rings (SSSR count). The summed E-state index contributed by atoms with van der Waals surface area (Å²) in [7, 11) is 0. The van der Waals surface area contributed by atoms with E-state index in [9.17, 15) is 4.79 Å². The first-order valence-corrected chi connectivity index (χ1v) is 7.42. The van der Waals surface area contributed by atoms with E-state index in [1.807, 2.05) is 54.6 Å². The highest BCUT2D eigenvalue weighted by Gasteiger charge is 2.05. The second kappa shape index (κ2) is 7.85. The summed E-state index contributed by atoms with van der Waals surface area (Å²) in [5.41, 5.74) is 4.72. The predicted octanol–water partition coefficient (Wildman–Crippen LogP) is 3.40. The number of pyridine rings is 2. The molecule has 3 aromatic rings. The van der Waals surface area contributed by atoms with Crippen LogP contribution in [-0.2, 0) is 11.4 Å². The molecule has 0 aliphatic heterocycles. The number of benzene rings is 1. The van der Waals surface area contributed by atoms with Crippen molar-refractivity contribution in [3.8, 4) is 11.4 Å². The third kappa shape index (κ3) is 4.37. The lowest BCUT2D eigenvalue weighted by Crippen LogP contribution is -2.29. The van der Waals surface area contributed by atoms with Gasteiger partial charge in [0.15, 0.2) is 0 Å². The number of anilines is 1. The SMILES string of the molecule is O=C(NOCc1ccccc1)Nc1cccc(-c2ccccn2)n1. The van der Waals surface area contributed by atoms with Gasteiger partial charge in [0.1, 0.15) is 5.82 Å². The molecule has 0 aliphatic rings. The molecule has 6 nitrogen and oxygen atoms in total. The molecular formula is C18H16N4O2. The smallest absolute Gasteiger partial charge is 0.291 e. The van der Waals surface area contributed by atoms with Crippen molar-refractivity contribution in [1.29, 1.82) is 0 Å². The van der Waals surface area contributed by atoms with E-state index in [0.717, 1.165) is 11.3 Å². The van der Waals surface area contributed by atoms with Crippen LogP contribution in [0.15, 0.2) is 72.9 Å². The molecular weight excluding hydrogens is 304 g/mol. The van der Waals surface area contributed by atoms with Crippen molar-refractivity contribution in [3.63, 3.8) is 0 Å². The van der Waals surface area contributed by atoms with E-state index < -0.39 is 6.03 Å². The zero-order chi connectivity index (χ0) is 16.6. The van der Waals surface area contributed by atoms with Gasteiger partial charge in [0.2, 0.25) is 0 Å². The third-order valence-corrected chi connectivity index (χ3v) is 3.16. The molecule has 0 fully saturated rings. The molecule has 0 radical (unpaired) electrons. The topological polar surface area (TPSA) is 76.1 Å². The van der Waals surface area contributed by atoms with Crippen molar-refractivity contribution in [2.24, 2.45) is 0 Å². The molecule has 2 amide bonds. The van der Waals surface area contributed by atoms with Gasteiger partial charge in [-0.25, -0.2) is 15.3 Å².